The highest BCUT2D eigenvalue weighted by molar-refractivity contribution is 5.39. The van der Waals surface area contributed by atoms with Gasteiger partial charge in [-0.05, 0) is 10.4 Å². The molecule has 1 heterocycles. The molecule has 2 aromatic rings. The van der Waals surface area contributed by atoms with Gasteiger partial charge in [0, 0.05) is 12.1 Å². The molecule has 0 saturated carbocycles. The summed E-state index contributed by atoms with van der Waals surface area (Å²) >= 11 is 0. The van der Waals surface area contributed by atoms with Gasteiger partial charge in [0.1, 0.15) is 11.5 Å². The van der Waals surface area contributed by atoms with Crippen LogP contribution < -0.4 is 5.73 Å². The third-order valence-corrected chi connectivity index (χ3v) is 1.69. The van der Waals surface area contributed by atoms with Crippen molar-refractivity contribution in [3.05, 3.63) is 29.6 Å². The number of nitrogens with zero attached hydrogens (tertiary/aromatic N) is 4. The van der Waals surface area contributed by atoms with Gasteiger partial charge in [-0.3, -0.25) is 0 Å². The predicted octanol–water partition coefficient (Wildman–Crippen LogP) is 0.662. The summed E-state index contributed by atoms with van der Waals surface area (Å²) in [6.07, 6.45) is 0. The minimum atomic E-state index is -1.13. The molecule has 2 rings (SSSR count). The Balaban J connectivity index is 2.68. The van der Waals surface area contributed by atoms with Crippen molar-refractivity contribution in [3.8, 4) is 5.69 Å². The summed E-state index contributed by atoms with van der Waals surface area (Å²) < 4.78 is 39.6. The van der Waals surface area contributed by atoms with E-state index in [9.17, 15) is 13.2 Å². The second kappa shape index (κ2) is 3.23. The van der Waals surface area contributed by atoms with Crippen molar-refractivity contribution >= 4 is 5.95 Å². The van der Waals surface area contributed by atoms with Gasteiger partial charge in [-0.1, -0.05) is 5.10 Å². The second-order valence-electron chi connectivity index (χ2n) is 2.67. The van der Waals surface area contributed by atoms with Crippen molar-refractivity contribution < 1.29 is 13.2 Å². The first-order valence-corrected chi connectivity index (χ1v) is 3.78. The molecule has 0 aliphatic heterocycles. The van der Waals surface area contributed by atoms with E-state index < -0.39 is 23.1 Å². The highest BCUT2D eigenvalue weighted by atomic mass is 19.1. The van der Waals surface area contributed by atoms with E-state index in [-0.39, 0.29) is 5.95 Å². The number of tetrazole rings is 1. The number of aromatic nitrogens is 4. The topological polar surface area (TPSA) is 69.6 Å². The molecule has 0 unspecified atom stereocenters. The molecule has 0 spiro atoms. The number of rotatable bonds is 1. The van der Waals surface area contributed by atoms with Crippen molar-refractivity contribution in [3.63, 3.8) is 0 Å². The number of benzene rings is 1. The van der Waals surface area contributed by atoms with Gasteiger partial charge in [-0.15, -0.1) is 0 Å². The summed E-state index contributed by atoms with van der Waals surface area (Å²) in [4.78, 5) is 0. The molecular formula is C7H4F3N5. The Bertz CT molecular complexity index is 486. The van der Waals surface area contributed by atoms with Crippen LogP contribution in [0.2, 0.25) is 0 Å². The van der Waals surface area contributed by atoms with Gasteiger partial charge in [0.2, 0.25) is 5.95 Å². The highest BCUT2D eigenvalue weighted by Crippen LogP contribution is 2.19. The number of hydrogen-bond donors (Lipinski definition) is 1. The third kappa shape index (κ3) is 1.49. The van der Waals surface area contributed by atoms with Gasteiger partial charge >= 0.3 is 0 Å². The molecule has 78 valence electrons. The highest BCUT2D eigenvalue weighted by Gasteiger charge is 2.16. The molecule has 0 aliphatic carbocycles. The number of hydrogen-bond acceptors (Lipinski definition) is 4. The molecule has 8 heteroatoms. The van der Waals surface area contributed by atoms with E-state index in [1.807, 2.05) is 0 Å². The first-order valence-electron chi connectivity index (χ1n) is 3.78. The lowest BCUT2D eigenvalue weighted by molar-refractivity contribution is 0.526. The van der Waals surface area contributed by atoms with Gasteiger partial charge in [0.25, 0.3) is 0 Å². The van der Waals surface area contributed by atoms with Crippen molar-refractivity contribution in [2.24, 2.45) is 0 Å². The fraction of sp³-hybridized carbons (Fsp3) is 0. The fourth-order valence-corrected chi connectivity index (χ4v) is 1.09. The van der Waals surface area contributed by atoms with Crippen LogP contribution in [0.4, 0.5) is 19.1 Å². The zero-order chi connectivity index (χ0) is 11.0. The lowest BCUT2D eigenvalue weighted by Crippen LogP contribution is -2.08. The van der Waals surface area contributed by atoms with Gasteiger partial charge in [-0.2, -0.15) is 4.68 Å². The maximum atomic E-state index is 13.2. The monoisotopic (exact) mass is 215 g/mol. The summed E-state index contributed by atoms with van der Waals surface area (Å²) in [6, 6.07) is 1.03. The first-order chi connectivity index (χ1) is 7.09. The smallest absolute Gasteiger partial charge is 0.245 e. The molecule has 0 amide bonds. The number of halogens is 3. The minimum Gasteiger partial charge on any atom is -0.366 e. The van der Waals surface area contributed by atoms with Crippen LogP contribution in [0.1, 0.15) is 0 Å². The zero-order valence-corrected chi connectivity index (χ0v) is 7.15. The Morgan fingerprint density at radius 2 is 1.73 bits per heavy atom. The molecule has 0 bridgehead atoms. The average Bonchev–Trinajstić information content (AvgIpc) is 2.50. The van der Waals surface area contributed by atoms with Crippen molar-refractivity contribution in [1.82, 2.24) is 20.2 Å². The van der Waals surface area contributed by atoms with E-state index in [4.69, 9.17) is 5.73 Å². The number of anilines is 1. The Labute approximate surface area is 81.3 Å². The normalized spacial score (nSPS) is 10.6. The Kier molecular flexibility index (Phi) is 2.03. The first kappa shape index (κ1) is 9.44. The summed E-state index contributed by atoms with van der Waals surface area (Å²) in [5.41, 5.74) is 4.64. The maximum absolute atomic E-state index is 13.2. The zero-order valence-electron chi connectivity index (χ0n) is 7.15. The maximum Gasteiger partial charge on any atom is 0.245 e. The van der Waals surface area contributed by atoms with Crippen LogP contribution in [0, 0.1) is 17.5 Å². The molecule has 0 fully saturated rings. The molecule has 15 heavy (non-hydrogen) atoms. The molecule has 0 atom stereocenters. The van der Waals surface area contributed by atoms with Crippen LogP contribution in [0.15, 0.2) is 12.1 Å². The van der Waals surface area contributed by atoms with Crippen molar-refractivity contribution in [2.45, 2.75) is 0 Å². The van der Waals surface area contributed by atoms with Crippen LogP contribution in [0.5, 0.6) is 0 Å². The summed E-state index contributed by atoms with van der Waals surface area (Å²) in [7, 11) is 0. The van der Waals surface area contributed by atoms with E-state index in [2.05, 4.69) is 15.5 Å². The third-order valence-electron chi connectivity index (χ3n) is 1.69. The molecule has 0 saturated heterocycles. The molecule has 5 nitrogen and oxygen atoms in total. The number of nitrogens with two attached hydrogens (primary N) is 1. The van der Waals surface area contributed by atoms with Crippen LogP contribution in [-0.4, -0.2) is 20.2 Å². The lowest BCUT2D eigenvalue weighted by atomic mass is 10.3. The van der Waals surface area contributed by atoms with E-state index in [0.29, 0.717) is 16.8 Å². The summed E-state index contributed by atoms with van der Waals surface area (Å²) in [5.74, 6) is -3.59. The van der Waals surface area contributed by atoms with E-state index in [1.54, 1.807) is 0 Å². The predicted molar refractivity (Wildman–Crippen MR) is 43.4 cm³/mol. The molecule has 0 aliphatic rings. The standard InChI is InChI=1S/C7H4F3N5/c8-3-1-4(9)6(5(10)2-3)15-7(11)12-13-14-15/h1-2H,(H2,11,12,14). The van der Waals surface area contributed by atoms with E-state index in [0.717, 1.165) is 0 Å². The summed E-state index contributed by atoms with van der Waals surface area (Å²) in [6.45, 7) is 0. The average molecular weight is 215 g/mol. The number of nitrogen functional groups attached to an aromatic ring is 1. The minimum absolute atomic E-state index is 0.292. The van der Waals surface area contributed by atoms with Gasteiger partial charge < -0.3 is 5.73 Å². The van der Waals surface area contributed by atoms with Gasteiger partial charge in [0.05, 0.1) is 0 Å². The molecule has 1 aromatic carbocycles. The van der Waals surface area contributed by atoms with Gasteiger partial charge in [0.15, 0.2) is 11.6 Å². The van der Waals surface area contributed by atoms with Crippen LogP contribution in [-0.2, 0) is 0 Å². The van der Waals surface area contributed by atoms with Crippen LogP contribution >= 0.6 is 0 Å². The molecule has 1 aromatic heterocycles. The Morgan fingerprint density at radius 3 is 2.20 bits per heavy atom. The second-order valence-corrected chi connectivity index (χ2v) is 2.67. The van der Waals surface area contributed by atoms with Crippen LogP contribution in [0.25, 0.3) is 5.69 Å². The fourth-order valence-electron chi connectivity index (χ4n) is 1.09. The molecule has 2 N–H and O–H groups in total. The van der Waals surface area contributed by atoms with Crippen molar-refractivity contribution in [2.75, 3.05) is 5.73 Å². The lowest BCUT2D eigenvalue weighted by Gasteiger charge is -2.04. The van der Waals surface area contributed by atoms with Gasteiger partial charge in [-0.25, -0.2) is 13.2 Å². The quantitative estimate of drug-likeness (QED) is 0.758. The summed E-state index contributed by atoms with van der Waals surface area (Å²) in [5, 5.41) is 9.63. The largest absolute Gasteiger partial charge is 0.366 e. The molecular weight excluding hydrogens is 211 g/mol. The van der Waals surface area contributed by atoms with E-state index >= 15 is 0 Å². The van der Waals surface area contributed by atoms with Crippen molar-refractivity contribution in [1.29, 1.82) is 0 Å². The van der Waals surface area contributed by atoms with Crippen LogP contribution in [0.3, 0.4) is 0 Å². The Morgan fingerprint density at radius 1 is 1.13 bits per heavy atom. The molecule has 0 radical (unpaired) electrons. The van der Waals surface area contributed by atoms with E-state index in [1.165, 1.54) is 0 Å². The SMILES string of the molecule is Nc1nnnn1-c1c(F)cc(F)cc1F. The Hall–Kier alpha value is -2.12.